The van der Waals surface area contributed by atoms with Crippen molar-refractivity contribution in [3.63, 3.8) is 0 Å². The molecule has 0 spiro atoms. The van der Waals surface area contributed by atoms with E-state index >= 15 is 0 Å². The van der Waals surface area contributed by atoms with Gasteiger partial charge in [0, 0.05) is 11.6 Å². The summed E-state index contributed by atoms with van der Waals surface area (Å²) in [6.45, 7) is 1.65. The van der Waals surface area contributed by atoms with Gasteiger partial charge in [-0.1, -0.05) is 0 Å². The van der Waals surface area contributed by atoms with Gasteiger partial charge in [0.2, 0.25) is 5.88 Å². The predicted octanol–water partition coefficient (Wildman–Crippen LogP) is 3.99. The lowest BCUT2D eigenvalue weighted by molar-refractivity contribution is -0.385. The highest BCUT2D eigenvalue weighted by molar-refractivity contribution is 9.10. The first-order valence-electron chi connectivity index (χ1n) is 5.21. The second-order valence-corrected chi connectivity index (χ2v) is 4.60. The largest absolute Gasteiger partial charge is 0.438 e. The van der Waals surface area contributed by atoms with Gasteiger partial charge in [-0.15, -0.1) is 0 Å². The van der Waals surface area contributed by atoms with Crippen LogP contribution in [-0.4, -0.2) is 9.91 Å². The smallest absolute Gasteiger partial charge is 0.288 e. The summed E-state index contributed by atoms with van der Waals surface area (Å²) in [4.78, 5) is 13.9. The van der Waals surface area contributed by atoms with Crippen LogP contribution in [0.4, 0.5) is 10.1 Å². The van der Waals surface area contributed by atoms with Crippen LogP contribution in [0.25, 0.3) is 0 Å². The number of pyridine rings is 1. The van der Waals surface area contributed by atoms with E-state index in [0.717, 1.165) is 6.20 Å². The van der Waals surface area contributed by atoms with Crippen LogP contribution in [0, 0.1) is 22.9 Å². The molecule has 7 heteroatoms. The third kappa shape index (κ3) is 3.05. The molecule has 0 bridgehead atoms. The molecular weight excluding hydrogens is 319 g/mol. The van der Waals surface area contributed by atoms with Crippen LogP contribution in [0.15, 0.2) is 34.9 Å². The molecule has 0 unspecified atom stereocenters. The number of ether oxygens (including phenoxy) is 1. The lowest BCUT2D eigenvalue weighted by Crippen LogP contribution is -1.95. The summed E-state index contributed by atoms with van der Waals surface area (Å²) in [5, 5.41) is 10.6. The first kappa shape index (κ1) is 13.4. The summed E-state index contributed by atoms with van der Waals surface area (Å²) < 4.78 is 18.9. The van der Waals surface area contributed by atoms with Gasteiger partial charge >= 0.3 is 0 Å². The van der Waals surface area contributed by atoms with Gasteiger partial charge in [-0.3, -0.25) is 10.1 Å². The Balaban J connectivity index is 2.31. The summed E-state index contributed by atoms with van der Waals surface area (Å²) in [5.74, 6) is 0.219. The number of aromatic nitrogens is 1. The summed E-state index contributed by atoms with van der Waals surface area (Å²) in [5.41, 5.74) is 0.411. The fourth-order valence-electron chi connectivity index (χ4n) is 1.42. The zero-order chi connectivity index (χ0) is 14.0. The summed E-state index contributed by atoms with van der Waals surface area (Å²) >= 11 is 3.17. The number of halogens is 2. The molecule has 1 aromatic carbocycles. The van der Waals surface area contributed by atoms with E-state index in [0.29, 0.717) is 15.8 Å². The van der Waals surface area contributed by atoms with Gasteiger partial charge in [-0.05, 0) is 41.1 Å². The quantitative estimate of drug-likeness (QED) is 0.631. The molecule has 19 heavy (non-hydrogen) atoms. The first-order valence-corrected chi connectivity index (χ1v) is 6.00. The molecule has 0 amide bonds. The number of benzene rings is 1. The maximum absolute atomic E-state index is 12.9. The van der Waals surface area contributed by atoms with Crippen molar-refractivity contribution in [3.05, 3.63) is 56.4 Å². The maximum atomic E-state index is 12.9. The van der Waals surface area contributed by atoms with Crippen molar-refractivity contribution >= 4 is 21.6 Å². The van der Waals surface area contributed by atoms with E-state index in [1.54, 1.807) is 6.92 Å². The number of hydrogen-bond acceptors (Lipinski definition) is 4. The van der Waals surface area contributed by atoms with Crippen LogP contribution in [0.5, 0.6) is 11.6 Å². The molecule has 2 aromatic rings. The minimum Gasteiger partial charge on any atom is -0.438 e. The number of hydrogen-bond donors (Lipinski definition) is 0. The molecular formula is C12H8BrFN2O3. The van der Waals surface area contributed by atoms with Gasteiger partial charge in [0.1, 0.15) is 17.8 Å². The van der Waals surface area contributed by atoms with Crippen LogP contribution in [0.1, 0.15) is 5.56 Å². The Morgan fingerprint density at radius 2 is 2.16 bits per heavy atom. The molecule has 0 atom stereocenters. The summed E-state index contributed by atoms with van der Waals surface area (Å²) in [6.07, 6.45) is 1.11. The third-order valence-corrected chi connectivity index (χ3v) is 2.95. The molecule has 1 heterocycles. The van der Waals surface area contributed by atoms with Crippen molar-refractivity contribution < 1.29 is 14.1 Å². The van der Waals surface area contributed by atoms with Crippen LogP contribution >= 0.6 is 15.9 Å². The van der Waals surface area contributed by atoms with Gasteiger partial charge in [0.15, 0.2) is 0 Å². The number of nitrogens with zero attached hydrogens (tertiary/aromatic N) is 2. The molecule has 5 nitrogen and oxygen atoms in total. The molecule has 98 valence electrons. The van der Waals surface area contributed by atoms with Gasteiger partial charge in [-0.25, -0.2) is 9.37 Å². The van der Waals surface area contributed by atoms with Crippen molar-refractivity contribution in [3.8, 4) is 11.6 Å². The van der Waals surface area contributed by atoms with E-state index in [1.165, 1.54) is 24.3 Å². The molecule has 0 aliphatic carbocycles. The lowest BCUT2D eigenvalue weighted by Gasteiger charge is -2.08. The van der Waals surface area contributed by atoms with E-state index < -0.39 is 10.7 Å². The highest BCUT2D eigenvalue weighted by Gasteiger charge is 2.12. The summed E-state index contributed by atoms with van der Waals surface area (Å²) in [6, 6.07) is 5.32. The molecule has 0 fully saturated rings. The van der Waals surface area contributed by atoms with Gasteiger partial charge in [0.05, 0.1) is 9.40 Å². The molecule has 1 aromatic heterocycles. The Morgan fingerprint density at radius 1 is 1.42 bits per heavy atom. The van der Waals surface area contributed by atoms with Crippen molar-refractivity contribution in [2.45, 2.75) is 6.92 Å². The fourth-order valence-corrected chi connectivity index (χ4v) is 1.85. The second kappa shape index (κ2) is 5.31. The average Bonchev–Trinajstić information content (AvgIpc) is 2.34. The zero-order valence-corrected chi connectivity index (χ0v) is 11.3. The standard InChI is InChI=1S/C12H8BrFN2O3/c1-7-4-9(16(17)18)6-15-12(7)19-11-3-2-8(14)5-10(11)13/h2-6H,1H3. The Morgan fingerprint density at radius 3 is 2.74 bits per heavy atom. The average molecular weight is 327 g/mol. The van der Waals surface area contributed by atoms with E-state index in [4.69, 9.17) is 4.74 Å². The van der Waals surface area contributed by atoms with Gasteiger partial charge in [0.25, 0.3) is 5.69 Å². The van der Waals surface area contributed by atoms with Crippen LogP contribution in [-0.2, 0) is 0 Å². The minimum atomic E-state index is -0.530. The monoisotopic (exact) mass is 326 g/mol. The molecule has 0 radical (unpaired) electrons. The topological polar surface area (TPSA) is 65.3 Å². The Hall–Kier alpha value is -2.02. The predicted molar refractivity (Wildman–Crippen MR) is 69.8 cm³/mol. The molecule has 0 N–H and O–H groups in total. The lowest BCUT2D eigenvalue weighted by atomic mass is 10.3. The van der Waals surface area contributed by atoms with Crippen molar-refractivity contribution in [2.75, 3.05) is 0 Å². The fraction of sp³-hybridized carbons (Fsp3) is 0.0833. The SMILES string of the molecule is Cc1cc([N+](=O)[O-])cnc1Oc1ccc(F)cc1Br. The maximum Gasteiger partial charge on any atom is 0.288 e. The number of rotatable bonds is 3. The van der Waals surface area contributed by atoms with Crippen molar-refractivity contribution in [2.24, 2.45) is 0 Å². The molecule has 0 saturated heterocycles. The van der Waals surface area contributed by atoms with Gasteiger partial charge in [-0.2, -0.15) is 0 Å². The van der Waals surface area contributed by atoms with E-state index in [9.17, 15) is 14.5 Å². The van der Waals surface area contributed by atoms with Crippen LogP contribution in [0.2, 0.25) is 0 Å². The van der Waals surface area contributed by atoms with Crippen LogP contribution in [0.3, 0.4) is 0 Å². The van der Waals surface area contributed by atoms with E-state index in [-0.39, 0.29) is 11.6 Å². The van der Waals surface area contributed by atoms with E-state index in [2.05, 4.69) is 20.9 Å². The normalized spacial score (nSPS) is 10.3. The number of nitro groups is 1. The van der Waals surface area contributed by atoms with Crippen molar-refractivity contribution in [1.82, 2.24) is 4.98 Å². The molecule has 0 saturated carbocycles. The molecule has 0 aliphatic heterocycles. The Labute approximate surface area is 116 Å². The van der Waals surface area contributed by atoms with E-state index in [1.807, 2.05) is 0 Å². The summed E-state index contributed by atoms with van der Waals surface area (Å²) in [7, 11) is 0. The Kier molecular flexibility index (Phi) is 3.75. The van der Waals surface area contributed by atoms with Gasteiger partial charge < -0.3 is 4.74 Å². The highest BCUT2D eigenvalue weighted by Crippen LogP contribution is 2.31. The van der Waals surface area contributed by atoms with Crippen molar-refractivity contribution in [1.29, 1.82) is 0 Å². The third-order valence-electron chi connectivity index (χ3n) is 2.33. The molecule has 0 aliphatic rings. The second-order valence-electron chi connectivity index (χ2n) is 3.75. The first-order chi connectivity index (χ1) is 8.97. The minimum absolute atomic E-state index is 0.108. The Bertz CT molecular complexity index is 649. The number of aryl methyl sites for hydroxylation is 1. The zero-order valence-electron chi connectivity index (χ0n) is 9.76. The highest BCUT2D eigenvalue weighted by atomic mass is 79.9. The molecule has 2 rings (SSSR count). The van der Waals surface area contributed by atoms with Crippen LogP contribution < -0.4 is 4.74 Å².